The summed E-state index contributed by atoms with van der Waals surface area (Å²) >= 11 is 1.59. The zero-order chi connectivity index (χ0) is 31.1. The Morgan fingerprint density at radius 1 is 1.11 bits per heavy atom. The molecule has 228 valence electrons. The summed E-state index contributed by atoms with van der Waals surface area (Å²) in [6.45, 7) is 5.19. The van der Waals surface area contributed by atoms with Crippen molar-refractivity contribution < 1.29 is 18.7 Å². The fourth-order valence-electron chi connectivity index (χ4n) is 6.33. The third-order valence-corrected chi connectivity index (χ3v) is 9.41. The zero-order valence-corrected chi connectivity index (χ0v) is 25.6. The molecule has 0 unspecified atom stereocenters. The summed E-state index contributed by atoms with van der Waals surface area (Å²) < 4.78 is 27.4. The molecule has 1 aliphatic heterocycles. The van der Waals surface area contributed by atoms with E-state index in [2.05, 4.69) is 26.3 Å². The third-order valence-electron chi connectivity index (χ3n) is 8.65. The molecule has 45 heavy (non-hydrogen) atoms. The van der Waals surface area contributed by atoms with Crippen molar-refractivity contribution in [2.45, 2.75) is 38.7 Å². The molecule has 2 aliphatic rings. The number of methoxy groups -OCH3 is 1. The maximum absolute atomic E-state index is 14.4. The van der Waals surface area contributed by atoms with Crippen LogP contribution in [0.5, 0.6) is 5.88 Å². The normalized spacial score (nSPS) is 19.2. The maximum Gasteiger partial charge on any atom is 0.337 e. The van der Waals surface area contributed by atoms with Crippen molar-refractivity contribution in [1.82, 2.24) is 24.4 Å². The number of esters is 1. The first-order chi connectivity index (χ1) is 21.9. The molecule has 2 fully saturated rings. The minimum absolute atomic E-state index is 0.0217. The van der Waals surface area contributed by atoms with E-state index in [9.17, 15) is 9.18 Å². The Morgan fingerprint density at radius 2 is 2.00 bits per heavy atom. The molecule has 5 aromatic rings. The molecule has 0 spiro atoms. The van der Waals surface area contributed by atoms with Crippen LogP contribution in [0.25, 0.3) is 11.0 Å². The van der Waals surface area contributed by atoms with Gasteiger partial charge in [-0.3, -0.25) is 9.88 Å². The first kappa shape index (κ1) is 28.9. The number of hydrogen-bond acceptors (Lipinski definition) is 10. The second kappa shape index (κ2) is 11.9. The van der Waals surface area contributed by atoms with E-state index in [1.807, 2.05) is 42.0 Å². The monoisotopic (exact) mass is 623 g/mol. The first-order valence-corrected chi connectivity index (χ1v) is 15.6. The zero-order valence-electron chi connectivity index (χ0n) is 24.8. The summed E-state index contributed by atoms with van der Waals surface area (Å²) in [5, 5.41) is 8.99. The van der Waals surface area contributed by atoms with Crippen LogP contribution in [-0.4, -0.2) is 62.7 Å². The number of benzene rings is 2. The molecule has 0 radical (unpaired) electrons. The minimum Gasteiger partial charge on any atom is -0.473 e. The number of nitriles is 1. The van der Waals surface area contributed by atoms with Gasteiger partial charge in [0.1, 0.15) is 24.1 Å². The van der Waals surface area contributed by atoms with Crippen LogP contribution >= 0.6 is 11.3 Å². The second-order valence-electron chi connectivity index (χ2n) is 11.3. The van der Waals surface area contributed by atoms with E-state index >= 15 is 0 Å². The summed E-state index contributed by atoms with van der Waals surface area (Å²) in [6, 6.07) is 18.1. The molecule has 1 saturated heterocycles. The molecule has 1 saturated carbocycles. The van der Waals surface area contributed by atoms with E-state index in [0.717, 1.165) is 40.6 Å². The summed E-state index contributed by atoms with van der Waals surface area (Å²) in [5.41, 5.74) is 4.68. The van der Waals surface area contributed by atoms with E-state index in [0.29, 0.717) is 48.1 Å². The van der Waals surface area contributed by atoms with E-state index in [1.165, 1.54) is 13.2 Å². The highest BCUT2D eigenvalue weighted by molar-refractivity contribution is 7.09. The summed E-state index contributed by atoms with van der Waals surface area (Å²) in [6.07, 6.45) is 1.87. The van der Waals surface area contributed by atoms with Crippen LogP contribution in [0.4, 0.5) is 10.2 Å². The van der Waals surface area contributed by atoms with Gasteiger partial charge in [-0.15, -0.1) is 11.3 Å². The van der Waals surface area contributed by atoms with Crippen molar-refractivity contribution in [3.8, 4) is 11.9 Å². The minimum atomic E-state index is -0.472. The van der Waals surface area contributed by atoms with Crippen molar-refractivity contribution in [1.29, 1.82) is 5.26 Å². The summed E-state index contributed by atoms with van der Waals surface area (Å²) in [4.78, 5) is 32.2. The van der Waals surface area contributed by atoms with Crippen molar-refractivity contribution >= 4 is 34.2 Å². The lowest BCUT2D eigenvalue weighted by molar-refractivity contribution is 0.0601. The van der Waals surface area contributed by atoms with Gasteiger partial charge in [0, 0.05) is 41.8 Å². The van der Waals surface area contributed by atoms with Crippen LogP contribution in [0.15, 0.2) is 66.3 Å². The smallest absolute Gasteiger partial charge is 0.337 e. The van der Waals surface area contributed by atoms with Gasteiger partial charge in [-0.1, -0.05) is 19.1 Å². The van der Waals surface area contributed by atoms with Gasteiger partial charge in [-0.2, -0.15) is 10.2 Å². The van der Waals surface area contributed by atoms with Gasteiger partial charge in [0.2, 0.25) is 5.88 Å². The number of pyridine rings is 1. The van der Waals surface area contributed by atoms with Crippen LogP contribution < -0.4 is 9.64 Å². The second-order valence-corrected chi connectivity index (χ2v) is 12.3. The van der Waals surface area contributed by atoms with Gasteiger partial charge in [0.25, 0.3) is 0 Å². The van der Waals surface area contributed by atoms with Crippen molar-refractivity contribution in [2.24, 2.45) is 5.92 Å². The number of thiazole rings is 1. The van der Waals surface area contributed by atoms with Gasteiger partial charge in [-0.05, 0) is 42.3 Å². The maximum atomic E-state index is 14.4. The van der Waals surface area contributed by atoms with Crippen molar-refractivity contribution in [3.05, 3.63) is 99.5 Å². The van der Waals surface area contributed by atoms with Crippen molar-refractivity contribution in [2.75, 3.05) is 25.1 Å². The van der Waals surface area contributed by atoms with Crippen LogP contribution in [0.3, 0.4) is 0 Å². The van der Waals surface area contributed by atoms with Crippen molar-refractivity contribution in [3.63, 3.8) is 0 Å². The fraction of sp³-hybridized carbons (Fsp3) is 0.303. The number of carbonyl (C=O) groups is 1. The Bertz CT molecular complexity index is 1920. The van der Waals surface area contributed by atoms with Gasteiger partial charge >= 0.3 is 5.97 Å². The van der Waals surface area contributed by atoms with E-state index in [4.69, 9.17) is 24.7 Å². The first-order valence-electron chi connectivity index (χ1n) is 14.7. The molecule has 10 nitrogen and oxygen atoms in total. The number of rotatable bonds is 9. The number of carbonyl (C=O) groups excluding carboxylic acids is 1. The number of nitrogens with zero attached hydrogens (tertiary/aromatic N) is 7. The largest absolute Gasteiger partial charge is 0.473 e. The standard InChI is InChI=1S/C33H30FN7O3S/c1-20-31-32(20)40(28-4-3-5-30(38-28)44-18-23-7-6-21(14-35)12-25(23)34)11-10-39(31)17-29-37-26-9-8-22(33(42)43-2)13-27(26)41(29)16-24-15-36-19-45-24/h3-9,12-13,15,19-20,31-32H,10-11,16-18H2,1-2H3/t20-,31+,32-/m0/s1. The van der Waals surface area contributed by atoms with Gasteiger partial charge in [0.15, 0.2) is 0 Å². The highest BCUT2D eigenvalue weighted by Crippen LogP contribution is 2.45. The average molecular weight is 624 g/mol. The molecule has 12 heteroatoms. The average Bonchev–Trinajstić information content (AvgIpc) is 3.36. The summed E-state index contributed by atoms with van der Waals surface area (Å²) in [7, 11) is 1.39. The number of ether oxygens (including phenoxy) is 2. The molecule has 0 bridgehead atoms. The molecular formula is C33H30FN7O3S. The molecule has 4 heterocycles. The van der Waals surface area contributed by atoms with Crippen LogP contribution in [0, 0.1) is 23.1 Å². The molecule has 7 rings (SSSR count). The summed E-state index contributed by atoms with van der Waals surface area (Å²) in [5.74, 6) is 1.78. The van der Waals surface area contributed by atoms with Gasteiger partial charge < -0.3 is 18.9 Å². The SMILES string of the molecule is COC(=O)c1ccc2nc(CN3CCN(c4cccc(OCc5ccc(C#N)cc5F)n4)[C@H]4[C@@H](C)[C@H]43)n(Cc3cncs3)c2c1. The lowest BCUT2D eigenvalue weighted by atomic mass is 10.1. The highest BCUT2D eigenvalue weighted by atomic mass is 32.1. The number of fused-ring (bicyclic) bond motifs is 2. The predicted molar refractivity (Wildman–Crippen MR) is 166 cm³/mol. The number of halogens is 1. The Morgan fingerprint density at radius 3 is 2.78 bits per heavy atom. The van der Waals surface area contributed by atoms with E-state index in [-0.39, 0.29) is 18.1 Å². The van der Waals surface area contributed by atoms with Crippen LogP contribution in [-0.2, 0) is 24.4 Å². The quantitative estimate of drug-likeness (QED) is 0.209. The Kier molecular flexibility index (Phi) is 7.64. The number of aromatic nitrogens is 4. The Labute approximate surface area is 263 Å². The lowest BCUT2D eigenvalue weighted by Gasteiger charge is -2.34. The molecule has 0 amide bonds. The fourth-order valence-corrected chi connectivity index (χ4v) is 6.91. The number of hydrogen-bond donors (Lipinski definition) is 0. The molecule has 0 N–H and O–H groups in total. The lowest BCUT2D eigenvalue weighted by Crippen LogP contribution is -2.46. The molecule has 2 aromatic carbocycles. The van der Waals surface area contributed by atoms with Gasteiger partial charge in [-0.25, -0.2) is 14.2 Å². The molecular weight excluding hydrogens is 593 g/mol. The number of piperazine rings is 1. The molecule has 3 atom stereocenters. The predicted octanol–water partition coefficient (Wildman–Crippen LogP) is 5.02. The van der Waals surface area contributed by atoms with E-state index in [1.54, 1.807) is 35.6 Å². The Balaban J connectivity index is 1.08. The van der Waals surface area contributed by atoms with Gasteiger partial charge in [0.05, 0.1) is 60.0 Å². The van der Waals surface area contributed by atoms with Crippen LogP contribution in [0.2, 0.25) is 0 Å². The topological polar surface area (TPSA) is 109 Å². The third kappa shape index (κ3) is 5.61. The molecule has 3 aromatic heterocycles. The van der Waals surface area contributed by atoms with Crippen LogP contribution in [0.1, 0.15) is 39.1 Å². The Hall–Kier alpha value is -4.86. The molecule has 1 aliphatic carbocycles. The highest BCUT2D eigenvalue weighted by Gasteiger charge is 2.56. The van der Waals surface area contributed by atoms with E-state index < -0.39 is 5.82 Å². The number of anilines is 1. The number of imidazole rings is 1.